The molecule has 0 spiro atoms. The van der Waals surface area contributed by atoms with Gasteiger partial charge in [0.05, 0.1) is 11.8 Å². The zero-order valence-electron chi connectivity index (χ0n) is 12.0. The quantitative estimate of drug-likeness (QED) is 0.796. The number of likely N-dealkylation sites (tertiary alicyclic amines) is 1. The maximum absolute atomic E-state index is 12.1. The molecule has 5 heteroatoms. The van der Waals surface area contributed by atoms with Crippen LogP contribution in [0.4, 0.5) is 0 Å². The third kappa shape index (κ3) is 2.76. The highest BCUT2D eigenvalue weighted by molar-refractivity contribution is 5.91. The summed E-state index contributed by atoms with van der Waals surface area (Å²) in [6.07, 6.45) is 3.53. The van der Waals surface area contributed by atoms with E-state index < -0.39 is 17.3 Å². The van der Waals surface area contributed by atoms with Crippen LogP contribution >= 0.6 is 0 Å². The summed E-state index contributed by atoms with van der Waals surface area (Å²) in [5.41, 5.74) is -0.408. The van der Waals surface area contributed by atoms with Crippen LogP contribution in [0.25, 0.3) is 0 Å². The zero-order valence-corrected chi connectivity index (χ0v) is 12.0. The van der Waals surface area contributed by atoms with Gasteiger partial charge in [-0.2, -0.15) is 0 Å². The van der Waals surface area contributed by atoms with Gasteiger partial charge in [-0.05, 0) is 31.8 Å². The van der Waals surface area contributed by atoms with Crippen LogP contribution in [0.5, 0.6) is 0 Å². The first kappa shape index (κ1) is 14.3. The van der Waals surface area contributed by atoms with Crippen molar-refractivity contribution in [2.45, 2.75) is 39.2 Å². The van der Waals surface area contributed by atoms with Crippen molar-refractivity contribution in [3.05, 3.63) is 0 Å². The van der Waals surface area contributed by atoms with Crippen LogP contribution in [0.2, 0.25) is 0 Å². The molecule has 0 bridgehead atoms. The summed E-state index contributed by atoms with van der Waals surface area (Å²) in [6.45, 7) is 5.41. The van der Waals surface area contributed by atoms with Crippen LogP contribution in [-0.4, -0.2) is 48.1 Å². The molecule has 19 heavy (non-hydrogen) atoms. The SMILES string of the molecule is CN1CCCCC1CNC(=O)C1C(C(=O)O)C1(C)C. The van der Waals surface area contributed by atoms with Crippen molar-refractivity contribution in [1.29, 1.82) is 0 Å². The minimum atomic E-state index is -0.861. The lowest BCUT2D eigenvalue weighted by molar-refractivity contribution is -0.140. The number of nitrogens with zero attached hydrogens (tertiary/aromatic N) is 1. The van der Waals surface area contributed by atoms with E-state index in [0.717, 1.165) is 13.0 Å². The second-order valence-corrected chi connectivity index (χ2v) is 6.49. The molecule has 2 aliphatic rings. The van der Waals surface area contributed by atoms with Gasteiger partial charge in [0.1, 0.15) is 0 Å². The summed E-state index contributed by atoms with van der Waals surface area (Å²) in [7, 11) is 2.08. The molecule has 1 heterocycles. The summed E-state index contributed by atoms with van der Waals surface area (Å²) >= 11 is 0. The van der Waals surface area contributed by atoms with Gasteiger partial charge in [-0.25, -0.2) is 0 Å². The normalized spacial score (nSPS) is 33.7. The first-order valence-electron chi connectivity index (χ1n) is 7.06. The maximum Gasteiger partial charge on any atom is 0.307 e. The molecule has 2 N–H and O–H groups in total. The van der Waals surface area contributed by atoms with Gasteiger partial charge >= 0.3 is 5.97 Å². The van der Waals surface area contributed by atoms with Gasteiger partial charge in [-0.15, -0.1) is 0 Å². The molecule has 5 nitrogen and oxygen atoms in total. The third-order valence-electron chi connectivity index (χ3n) is 4.81. The highest BCUT2D eigenvalue weighted by Crippen LogP contribution is 2.58. The molecule has 0 aromatic rings. The molecular formula is C14H24N2O3. The molecule has 0 aromatic heterocycles. The maximum atomic E-state index is 12.1. The van der Waals surface area contributed by atoms with Gasteiger partial charge in [0.15, 0.2) is 0 Å². The Kier molecular flexibility index (Phi) is 3.85. The van der Waals surface area contributed by atoms with Gasteiger partial charge in [0.25, 0.3) is 0 Å². The number of carbonyl (C=O) groups excluding carboxylic acids is 1. The van der Waals surface area contributed by atoms with E-state index in [0.29, 0.717) is 12.6 Å². The van der Waals surface area contributed by atoms with E-state index in [9.17, 15) is 9.59 Å². The zero-order chi connectivity index (χ0) is 14.2. The number of amides is 1. The smallest absolute Gasteiger partial charge is 0.307 e. The standard InChI is InChI=1S/C14H24N2O3/c1-14(2)10(11(14)13(18)19)12(17)15-8-9-6-4-5-7-16(9)3/h9-11H,4-8H2,1-3H3,(H,15,17)(H,18,19). The van der Waals surface area contributed by atoms with E-state index in [1.54, 1.807) is 0 Å². The number of carbonyl (C=O) groups is 2. The average Bonchev–Trinajstić information content (AvgIpc) is 2.91. The number of carboxylic acid groups (broad SMARTS) is 1. The van der Waals surface area contributed by atoms with Crippen LogP contribution in [0.15, 0.2) is 0 Å². The molecule has 1 saturated carbocycles. The van der Waals surface area contributed by atoms with Gasteiger partial charge in [0, 0.05) is 12.6 Å². The predicted octanol–water partition coefficient (Wildman–Crippen LogP) is 0.944. The number of piperidine rings is 1. The van der Waals surface area contributed by atoms with E-state index in [-0.39, 0.29) is 11.8 Å². The van der Waals surface area contributed by atoms with E-state index in [4.69, 9.17) is 5.11 Å². The minimum Gasteiger partial charge on any atom is -0.481 e. The number of hydrogen-bond donors (Lipinski definition) is 2. The average molecular weight is 268 g/mol. The van der Waals surface area contributed by atoms with Crippen molar-refractivity contribution < 1.29 is 14.7 Å². The van der Waals surface area contributed by atoms with Crippen molar-refractivity contribution in [2.24, 2.45) is 17.3 Å². The van der Waals surface area contributed by atoms with Crippen LogP contribution in [0.3, 0.4) is 0 Å². The van der Waals surface area contributed by atoms with Crippen molar-refractivity contribution in [3.8, 4) is 0 Å². The highest BCUT2D eigenvalue weighted by atomic mass is 16.4. The minimum absolute atomic E-state index is 0.101. The molecule has 2 rings (SSSR count). The van der Waals surface area contributed by atoms with Crippen molar-refractivity contribution in [1.82, 2.24) is 10.2 Å². The fourth-order valence-electron chi connectivity index (χ4n) is 3.32. The van der Waals surface area contributed by atoms with Crippen LogP contribution in [-0.2, 0) is 9.59 Å². The Labute approximate surface area is 114 Å². The number of hydrogen-bond acceptors (Lipinski definition) is 3. The Morgan fingerprint density at radius 2 is 2.00 bits per heavy atom. The van der Waals surface area contributed by atoms with Crippen LogP contribution in [0.1, 0.15) is 33.1 Å². The van der Waals surface area contributed by atoms with Crippen LogP contribution in [0, 0.1) is 17.3 Å². The topological polar surface area (TPSA) is 69.6 Å². The van der Waals surface area contributed by atoms with Crippen LogP contribution < -0.4 is 5.32 Å². The fraction of sp³-hybridized carbons (Fsp3) is 0.857. The number of likely N-dealkylation sites (N-methyl/N-ethyl adjacent to an activating group) is 1. The van der Waals surface area contributed by atoms with E-state index in [1.165, 1.54) is 12.8 Å². The van der Waals surface area contributed by atoms with Gasteiger partial charge < -0.3 is 15.3 Å². The lowest BCUT2D eigenvalue weighted by Gasteiger charge is -2.32. The molecule has 0 radical (unpaired) electrons. The number of nitrogens with one attached hydrogen (secondary N) is 1. The van der Waals surface area contributed by atoms with Crippen molar-refractivity contribution in [2.75, 3.05) is 20.1 Å². The Morgan fingerprint density at radius 1 is 1.32 bits per heavy atom. The lowest BCUT2D eigenvalue weighted by atomic mass is 10.0. The Morgan fingerprint density at radius 3 is 2.53 bits per heavy atom. The number of rotatable bonds is 4. The largest absolute Gasteiger partial charge is 0.481 e. The van der Waals surface area contributed by atoms with Gasteiger partial charge in [0.2, 0.25) is 5.91 Å². The molecule has 2 fully saturated rings. The summed E-state index contributed by atoms with van der Waals surface area (Å²) in [5.74, 6) is -1.87. The molecule has 3 atom stereocenters. The molecule has 0 aromatic carbocycles. The Bertz CT molecular complexity index is 381. The predicted molar refractivity (Wildman–Crippen MR) is 71.7 cm³/mol. The van der Waals surface area contributed by atoms with Crippen molar-refractivity contribution >= 4 is 11.9 Å². The highest BCUT2D eigenvalue weighted by Gasteiger charge is 2.65. The number of aliphatic carboxylic acids is 1. The second kappa shape index (κ2) is 5.12. The molecular weight excluding hydrogens is 244 g/mol. The second-order valence-electron chi connectivity index (χ2n) is 6.49. The summed E-state index contributed by atoms with van der Waals surface area (Å²) < 4.78 is 0. The van der Waals surface area contributed by atoms with Gasteiger partial charge in [-0.1, -0.05) is 20.3 Å². The number of carboxylic acids is 1. The summed E-state index contributed by atoms with van der Waals surface area (Å²) in [4.78, 5) is 25.4. The van der Waals surface area contributed by atoms with Crippen molar-refractivity contribution in [3.63, 3.8) is 0 Å². The first-order chi connectivity index (χ1) is 8.85. The molecule has 1 amide bonds. The van der Waals surface area contributed by atoms with Gasteiger partial charge in [-0.3, -0.25) is 9.59 Å². The first-order valence-corrected chi connectivity index (χ1v) is 7.06. The third-order valence-corrected chi connectivity index (χ3v) is 4.81. The Balaban J connectivity index is 1.84. The van der Waals surface area contributed by atoms with E-state index in [1.807, 2.05) is 13.8 Å². The summed E-state index contributed by atoms with van der Waals surface area (Å²) in [6, 6.07) is 0.392. The Hall–Kier alpha value is -1.10. The fourth-order valence-corrected chi connectivity index (χ4v) is 3.32. The summed E-state index contributed by atoms with van der Waals surface area (Å²) in [5, 5.41) is 12.0. The molecule has 3 unspecified atom stereocenters. The van der Waals surface area contributed by atoms with E-state index >= 15 is 0 Å². The van der Waals surface area contributed by atoms with E-state index in [2.05, 4.69) is 17.3 Å². The monoisotopic (exact) mass is 268 g/mol. The lowest BCUT2D eigenvalue weighted by Crippen LogP contribution is -2.45. The molecule has 1 saturated heterocycles. The molecule has 1 aliphatic heterocycles. The molecule has 1 aliphatic carbocycles. The molecule has 108 valence electrons.